The summed E-state index contributed by atoms with van der Waals surface area (Å²) in [6.07, 6.45) is 1.83. The summed E-state index contributed by atoms with van der Waals surface area (Å²) in [5.41, 5.74) is 1.05. The maximum Gasteiger partial charge on any atom is 0.161 e. The molecule has 0 radical (unpaired) electrons. The van der Waals surface area contributed by atoms with Crippen LogP contribution in [0.25, 0.3) is 11.4 Å². The minimum atomic E-state index is 0.775. The van der Waals surface area contributed by atoms with Crippen LogP contribution in [0.5, 0.6) is 0 Å². The molecule has 0 N–H and O–H groups in total. The molecule has 0 spiro atoms. The highest BCUT2D eigenvalue weighted by atomic mass is 16.7. The van der Waals surface area contributed by atoms with Gasteiger partial charge in [-0.25, -0.2) is 9.97 Å². The zero-order valence-corrected chi connectivity index (χ0v) is 11.6. The van der Waals surface area contributed by atoms with E-state index in [1.165, 1.54) is 0 Å². The molecule has 20 heavy (non-hydrogen) atoms. The molecule has 1 saturated heterocycles. The summed E-state index contributed by atoms with van der Waals surface area (Å²) in [4.78, 5) is 16.5. The molecular formula is C15H18N4O. The van der Waals surface area contributed by atoms with Crippen LogP contribution in [0.3, 0.4) is 0 Å². The Morgan fingerprint density at radius 1 is 1.00 bits per heavy atom. The Bertz CT molecular complexity index is 553. The van der Waals surface area contributed by atoms with E-state index in [9.17, 15) is 0 Å². The smallest absolute Gasteiger partial charge is 0.161 e. The number of benzene rings is 1. The highest BCUT2D eigenvalue weighted by Gasteiger charge is 2.18. The summed E-state index contributed by atoms with van der Waals surface area (Å²) in [5.74, 6) is 1.76. The molecule has 5 heteroatoms. The summed E-state index contributed by atoms with van der Waals surface area (Å²) in [7, 11) is 1.72. The normalized spacial score (nSPS) is 16.4. The van der Waals surface area contributed by atoms with Crippen LogP contribution < -0.4 is 4.90 Å². The van der Waals surface area contributed by atoms with Gasteiger partial charge in [0.1, 0.15) is 5.82 Å². The first-order valence-electron chi connectivity index (χ1n) is 6.79. The van der Waals surface area contributed by atoms with Gasteiger partial charge in [0.05, 0.1) is 7.11 Å². The van der Waals surface area contributed by atoms with Gasteiger partial charge >= 0.3 is 0 Å². The molecule has 1 aliphatic rings. The van der Waals surface area contributed by atoms with Crippen LogP contribution in [-0.4, -0.2) is 48.3 Å². The molecule has 0 bridgehead atoms. The van der Waals surface area contributed by atoms with Gasteiger partial charge in [0, 0.05) is 37.9 Å². The van der Waals surface area contributed by atoms with Crippen molar-refractivity contribution in [2.24, 2.45) is 0 Å². The molecular weight excluding hydrogens is 252 g/mol. The van der Waals surface area contributed by atoms with Crippen molar-refractivity contribution in [2.45, 2.75) is 0 Å². The van der Waals surface area contributed by atoms with Gasteiger partial charge in [0.25, 0.3) is 0 Å². The highest BCUT2D eigenvalue weighted by Crippen LogP contribution is 2.19. The molecule has 3 rings (SSSR count). The van der Waals surface area contributed by atoms with Crippen LogP contribution >= 0.6 is 0 Å². The fourth-order valence-electron chi connectivity index (χ4n) is 2.35. The maximum atomic E-state index is 5.24. The summed E-state index contributed by atoms with van der Waals surface area (Å²) >= 11 is 0. The molecule has 1 aliphatic heterocycles. The molecule has 0 aliphatic carbocycles. The van der Waals surface area contributed by atoms with E-state index < -0.39 is 0 Å². The van der Waals surface area contributed by atoms with E-state index in [0.29, 0.717) is 0 Å². The standard InChI is InChI=1S/C15H18N4O/c1-20-19-11-9-18(10-12-19)14-7-8-16-15(17-14)13-5-3-2-4-6-13/h2-8H,9-12H2,1H3. The predicted molar refractivity (Wildman–Crippen MR) is 78.3 cm³/mol. The van der Waals surface area contributed by atoms with E-state index in [2.05, 4.69) is 14.9 Å². The van der Waals surface area contributed by atoms with E-state index in [0.717, 1.165) is 43.4 Å². The first-order chi connectivity index (χ1) is 9.86. The van der Waals surface area contributed by atoms with E-state index in [1.807, 2.05) is 47.7 Å². The number of hydrogen-bond acceptors (Lipinski definition) is 5. The molecule has 2 aromatic rings. The number of anilines is 1. The van der Waals surface area contributed by atoms with Crippen molar-refractivity contribution < 1.29 is 4.84 Å². The van der Waals surface area contributed by atoms with Gasteiger partial charge in [-0.3, -0.25) is 0 Å². The van der Waals surface area contributed by atoms with Crippen molar-refractivity contribution in [3.8, 4) is 11.4 Å². The van der Waals surface area contributed by atoms with Crippen molar-refractivity contribution in [1.82, 2.24) is 15.0 Å². The molecule has 0 saturated carbocycles. The Balaban J connectivity index is 1.78. The summed E-state index contributed by atoms with van der Waals surface area (Å²) in [6, 6.07) is 12.0. The third-order valence-electron chi connectivity index (χ3n) is 3.49. The van der Waals surface area contributed by atoms with Gasteiger partial charge in [0.2, 0.25) is 0 Å². The zero-order valence-electron chi connectivity index (χ0n) is 11.6. The maximum absolute atomic E-state index is 5.24. The largest absolute Gasteiger partial charge is 0.354 e. The second kappa shape index (κ2) is 5.98. The Hall–Kier alpha value is -1.98. The third kappa shape index (κ3) is 2.79. The van der Waals surface area contributed by atoms with Crippen LogP contribution in [0, 0.1) is 0 Å². The SMILES string of the molecule is CON1CCN(c2ccnc(-c3ccccc3)n2)CC1. The lowest BCUT2D eigenvalue weighted by Crippen LogP contribution is -2.46. The zero-order chi connectivity index (χ0) is 13.8. The number of piperazine rings is 1. The molecule has 1 aromatic carbocycles. The van der Waals surface area contributed by atoms with Crippen molar-refractivity contribution in [2.75, 3.05) is 38.2 Å². The number of nitrogens with zero attached hydrogens (tertiary/aromatic N) is 4. The number of hydroxylamine groups is 2. The molecule has 2 heterocycles. The quantitative estimate of drug-likeness (QED) is 0.851. The molecule has 1 aromatic heterocycles. The van der Waals surface area contributed by atoms with Crippen LogP contribution in [0.4, 0.5) is 5.82 Å². The molecule has 1 fully saturated rings. The van der Waals surface area contributed by atoms with Gasteiger partial charge < -0.3 is 9.74 Å². The Kier molecular flexibility index (Phi) is 3.90. The Labute approximate surface area is 118 Å². The van der Waals surface area contributed by atoms with E-state index >= 15 is 0 Å². The highest BCUT2D eigenvalue weighted by molar-refractivity contribution is 5.57. The second-order valence-corrected chi connectivity index (χ2v) is 4.70. The third-order valence-corrected chi connectivity index (χ3v) is 3.49. The van der Waals surface area contributed by atoms with E-state index in [-0.39, 0.29) is 0 Å². The van der Waals surface area contributed by atoms with Gasteiger partial charge in [-0.1, -0.05) is 30.3 Å². The lowest BCUT2D eigenvalue weighted by atomic mass is 10.2. The van der Waals surface area contributed by atoms with Crippen molar-refractivity contribution >= 4 is 5.82 Å². The van der Waals surface area contributed by atoms with Gasteiger partial charge in [0.15, 0.2) is 5.82 Å². The van der Waals surface area contributed by atoms with Crippen LogP contribution in [0.1, 0.15) is 0 Å². The van der Waals surface area contributed by atoms with Crippen molar-refractivity contribution in [3.05, 3.63) is 42.6 Å². The summed E-state index contributed by atoms with van der Waals surface area (Å²) in [6.45, 7) is 3.61. The Morgan fingerprint density at radius 3 is 2.45 bits per heavy atom. The molecule has 0 atom stereocenters. The topological polar surface area (TPSA) is 41.5 Å². The molecule has 0 amide bonds. The average molecular weight is 270 g/mol. The summed E-state index contributed by atoms with van der Waals surface area (Å²) in [5, 5.41) is 1.97. The average Bonchev–Trinajstić information content (AvgIpc) is 2.56. The number of rotatable bonds is 3. The van der Waals surface area contributed by atoms with E-state index in [1.54, 1.807) is 7.11 Å². The van der Waals surface area contributed by atoms with Gasteiger partial charge in [-0.2, -0.15) is 5.06 Å². The van der Waals surface area contributed by atoms with Crippen LogP contribution in [0.2, 0.25) is 0 Å². The predicted octanol–water partition coefficient (Wildman–Crippen LogP) is 1.83. The first-order valence-corrected chi connectivity index (χ1v) is 6.79. The van der Waals surface area contributed by atoms with Gasteiger partial charge in [-0.15, -0.1) is 0 Å². The molecule has 5 nitrogen and oxygen atoms in total. The minimum Gasteiger partial charge on any atom is -0.354 e. The molecule has 0 unspecified atom stereocenters. The minimum absolute atomic E-state index is 0.775. The first kappa shape index (κ1) is 13.0. The lowest BCUT2D eigenvalue weighted by molar-refractivity contribution is -0.133. The lowest BCUT2D eigenvalue weighted by Gasteiger charge is -2.33. The molecule has 104 valence electrons. The van der Waals surface area contributed by atoms with E-state index in [4.69, 9.17) is 4.84 Å². The van der Waals surface area contributed by atoms with Crippen molar-refractivity contribution in [1.29, 1.82) is 0 Å². The summed E-state index contributed by atoms with van der Waals surface area (Å²) < 4.78 is 0. The van der Waals surface area contributed by atoms with Crippen LogP contribution in [0.15, 0.2) is 42.6 Å². The Morgan fingerprint density at radius 2 is 1.75 bits per heavy atom. The van der Waals surface area contributed by atoms with Gasteiger partial charge in [-0.05, 0) is 6.07 Å². The monoisotopic (exact) mass is 270 g/mol. The van der Waals surface area contributed by atoms with Crippen molar-refractivity contribution in [3.63, 3.8) is 0 Å². The second-order valence-electron chi connectivity index (χ2n) is 4.70. The number of hydrogen-bond donors (Lipinski definition) is 0. The fourth-order valence-corrected chi connectivity index (χ4v) is 2.35. The number of aromatic nitrogens is 2. The van der Waals surface area contributed by atoms with Crippen LogP contribution in [-0.2, 0) is 4.84 Å². The fraction of sp³-hybridized carbons (Fsp3) is 0.333.